The number of alkyl halides is 1. The van der Waals surface area contributed by atoms with Crippen LogP contribution < -0.4 is 0 Å². The number of nitrogens with zero attached hydrogens (tertiary/aromatic N) is 2. The van der Waals surface area contributed by atoms with E-state index < -0.39 is 11.0 Å². The molecule has 1 amide bonds. The van der Waals surface area contributed by atoms with Crippen LogP contribution in [0.2, 0.25) is 0 Å². The Bertz CT molecular complexity index is 1220. The number of hydrogen-bond donors (Lipinski definition) is 0. The third-order valence-corrected chi connectivity index (χ3v) is 13.7. The van der Waals surface area contributed by atoms with Crippen LogP contribution in [0.25, 0.3) is 0 Å². The Kier molecular flexibility index (Phi) is 5.14. The van der Waals surface area contributed by atoms with Crippen molar-refractivity contribution >= 4 is 34.3 Å². The van der Waals surface area contributed by atoms with E-state index in [-0.39, 0.29) is 56.5 Å². The van der Waals surface area contributed by atoms with E-state index in [9.17, 15) is 14.9 Å². The number of rotatable bonds is 2. The fourth-order valence-electron chi connectivity index (χ4n) is 10.2. The SMILES string of the molecule is CN1C(=O)C(C#N)=C[C@]2(C)C3=CC(=O)[C@@]45OC6(CC6)[C@@](CI)(CC[C@@]4(C)[C@]3(C)CC[C@@H]12)[C@H]5CC(C)(C)C. The maximum absolute atomic E-state index is 14.8. The first kappa shape index (κ1) is 26.0. The van der Waals surface area contributed by atoms with Crippen LogP contribution in [0.15, 0.2) is 23.3 Å². The molecule has 2 aliphatic heterocycles. The second kappa shape index (κ2) is 7.30. The molecule has 200 valence electrons. The summed E-state index contributed by atoms with van der Waals surface area (Å²) in [6.07, 6.45) is 10.8. The van der Waals surface area contributed by atoms with Crippen molar-refractivity contribution < 1.29 is 14.3 Å². The largest absolute Gasteiger partial charge is 0.359 e. The minimum atomic E-state index is -0.820. The molecular formula is C31H41IN2O3. The molecule has 2 bridgehead atoms. The van der Waals surface area contributed by atoms with Gasteiger partial charge in [0.1, 0.15) is 17.2 Å². The average molecular weight is 617 g/mol. The fourth-order valence-corrected chi connectivity index (χ4v) is 11.8. The van der Waals surface area contributed by atoms with Gasteiger partial charge in [-0.15, -0.1) is 0 Å². The molecule has 6 aliphatic rings. The number of nitriles is 1. The maximum Gasteiger partial charge on any atom is 0.264 e. The van der Waals surface area contributed by atoms with Gasteiger partial charge in [0.15, 0.2) is 5.78 Å². The average Bonchev–Trinajstić information content (AvgIpc) is 3.57. The molecular weight excluding hydrogens is 575 g/mol. The molecule has 0 unspecified atom stereocenters. The molecule has 5 nitrogen and oxygen atoms in total. The number of hydrogen-bond acceptors (Lipinski definition) is 4. The van der Waals surface area contributed by atoms with E-state index in [1.54, 1.807) is 4.90 Å². The highest BCUT2D eigenvalue weighted by molar-refractivity contribution is 14.1. The van der Waals surface area contributed by atoms with E-state index in [1.807, 2.05) is 19.2 Å². The summed E-state index contributed by atoms with van der Waals surface area (Å²) in [7, 11) is 1.82. The third kappa shape index (κ3) is 2.74. The quantitative estimate of drug-likeness (QED) is 0.275. The molecule has 0 N–H and O–H groups in total. The highest BCUT2D eigenvalue weighted by Crippen LogP contribution is 2.81. The third-order valence-electron chi connectivity index (χ3n) is 12.3. The second-order valence-electron chi connectivity index (χ2n) is 14.9. The second-order valence-corrected chi connectivity index (χ2v) is 15.7. The summed E-state index contributed by atoms with van der Waals surface area (Å²) in [4.78, 5) is 29.5. The van der Waals surface area contributed by atoms with Crippen LogP contribution in [0.1, 0.15) is 86.5 Å². The fraction of sp³-hybridized carbons (Fsp3) is 0.774. The standard InChI is InChI=1S/C31H41IN2O3/c1-25(2,3)16-21-29(18-32)11-10-28(6)27(5)9-8-22-26(4,15-19(17-33)24(36)34(22)7)20(27)14-23(35)31(21,28)37-30(29)12-13-30/h14-15,21-22H,8-13,16,18H2,1-7H3/t21-,22-,26-,27-,28+,29-,31-/m1/s1. The number of likely N-dealkylation sites (N-methyl/N-ethyl adjacent to an activating group) is 1. The Balaban J connectivity index is 1.60. The molecule has 6 rings (SSSR count). The molecule has 0 aromatic heterocycles. The van der Waals surface area contributed by atoms with Gasteiger partial charge in [0.25, 0.3) is 5.91 Å². The molecule has 2 spiro atoms. The smallest absolute Gasteiger partial charge is 0.264 e. The zero-order valence-electron chi connectivity index (χ0n) is 23.5. The van der Waals surface area contributed by atoms with Crippen LogP contribution in [-0.4, -0.2) is 45.3 Å². The number of carbonyl (C=O) groups is 2. The Morgan fingerprint density at radius 1 is 1.14 bits per heavy atom. The Morgan fingerprint density at radius 3 is 2.38 bits per heavy atom. The topological polar surface area (TPSA) is 70.4 Å². The lowest BCUT2D eigenvalue weighted by Crippen LogP contribution is -2.71. The van der Waals surface area contributed by atoms with E-state index in [2.05, 4.69) is 70.2 Å². The molecule has 37 heavy (non-hydrogen) atoms. The predicted molar refractivity (Wildman–Crippen MR) is 151 cm³/mol. The normalized spacial score (nSPS) is 47.5. The molecule has 4 fully saturated rings. The Hall–Kier alpha value is -1.20. The molecule has 6 heteroatoms. The summed E-state index contributed by atoms with van der Waals surface area (Å²) in [5.74, 6) is 0.123. The first-order chi connectivity index (χ1) is 17.1. The van der Waals surface area contributed by atoms with Crippen LogP contribution in [0.3, 0.4) is 0 Å². The van der Waals surface area contributed by atoms with E-state index >= 15 is 0 Å². The van der Waals surface area contributed by atoms with Crippen molar-refractivity contribution in [1.29, 1.82) is 5.26 Å². The van der Waals surface area contributed by atoms with Crippen LogP contribution in [0.5, 0.6) is 0 Å². The molecule has 0 aromatic rings. The summed E-state index contributed by atoms with van der Waals surface area (Å²) in [6.45, 7) is 13.8. The number of ether oxygens (including phenoxy) is 1. The number of fused-ring (bicyclic) bond motifs is 6. The van der Waals surface area contributed by atoms with Gasteiger partial charge in [-0.05, 0) is 73.5 Å². The van der Waals surface area contributed by atoms with Gasteiger partial charge in [-0.3, -0.25) is 9.59 Å². The summed E-state index contributed by atoms with van der Waals surface area (Å²) in [6, 6.07) is 2.10. The summed E-state index contributed by atoms with van der Waals surface area (Å²) in [5.41, 5.74) is -0.715. The summed E-state index contributed by atoms with van der Waals surface area (Å²) in [5, 5.41) is 9.81. The molecule has 7 atom stereocenters. The van der Waals surface area contributed by atoms with Crippen LogP contribution in [0.4, 0.5) is 0 Å². The predicted octanol–water partition coefficient (Wildman–Crippen LogP) is 6.17. The van der Waals surface area contributed by atoms with E-state index in [1.165, 1.54) is 0 Å². The van der Waals surface area contributed by atoms with Gasteiger partial charge in [-0.2, -0.15) is 5.26 Å². The first-order valence-corrected chi connectivity index (χ1v) is 15.6. The lowest BCUT2D eigenvalue weighted by molar-refractivity contribution is -0.206. The number of carbonyl (C=O) groups excluding carboxylic acids is 2. The van der Waals surface area contributed by atoms with Crippen LogP contribution >= 0.6 is 22.6 Å². The summed E-state index contributed by atoms with van der Waals surface area (Å²) < 4.78 is 8.41. The zero-order valence-corrected chi connectivity index (χ0v) is 25.6. The van der Waals surface area contributed by atoms with Crippen LogP contribution in [-0.2, 0) is 14.3 Å². The Morgan fingerprint density at radius 2 is 1.81 bits per heavy atom. The first-order valence-electron chi connectivity index (χ1n) is 14.0. The summed E-state index contributed by atoms with van der Waals surface area (Å²) >= 11 is 2.59. The van der Waals surface area contributed by atoms with Gasteiger partial charge in [0.05, 0.1) is 5.60 Å². The van der Waals surface area contributed by atoms with E-state index in [0.717, 1.165) is 54.9 Å². The molecule has 4 aliphatic carbocycles. The van der Waals surface area contributed by atoms with Crippen molar-refractivity contribution in [2.45, 2.75) is 104 Å². The van der Waals surface area contributed by atoms with E-state index in [4.69, 9.17) is 4.74 Å². The van der Waals surface area contributed by atoms with Gasteiger partial charge >= 0.3 is 0 Å². The number of amides is 1. The van der Waals surface area contributed by atoms with Crippen molar-refractivity contribution in [3.05, 3.63) is 23.3 Å². The van der Waals surface area contributed by atoms with Gasteiger partial charge in [-0.1, -0.05) is 64.1 Å². The van der Waals surface area contributed by atoms with Crippen molar-refractivity contribution in [2.75, 3.05) is 11.5 Å². The van der Waals surface area contributed by atoms with E-state index in [0.29, 0.717) is 0 Å². The van der Waals surface area contributed by atoms with Crippen molar-refractivity contribution in [3.63, 3.8) is 0 Å². The van der Waals surface area contributed by atoms with Gasteiger partial charge < -0.3 is 9.64 Å². The van der Waals surface area contributed by atoms with Crippen molar-refractivity contribution in [1.82, 2.24) is 4.90 Å². The van der Waals surface area contributed by atoms with Gasteiger partial charge in [0.2, 0.25) is 0 Å². The van der Waals surface area contributed by atoms with Crippen molar-refractivity contribution in [2.24, 2.45) is 33.0 Å². The monoisotopic (exact) mass is 616 g/mol. The highest BCUT2D eigenvalue weighted by atomic mass is 127. The zero-order chi connectivity index (χ0) is 27.0. The molecule has 2 heterocycles. The van der Waals surface area contributed by atoms with Gasteiger partial charge in [-0.25, -0.2) is 0 Å². The minimum absolute atomic E-state index is 0.0458. The lowest BCUT2D eigenvalue weighted by atomic mass is 9.36. The van der Waals surface area contributed by atoms with Gasteiger partial charge in [0, 0.05) is 39.7 Å². The molecule has 1 saturated heterocycles. The Labute approximate surface area is 235 Å². The highest BCUT2D eigenvalue weighted by Gasteiger charge is 2.85. The molecule has 0 aromatic carbocycles. The molecule has 0 radical (unpaired) electrons. The number of halogens is 1. The van der Waals surface area contributed by atoms with Crippen molar-refractivity contribution in [3.8, 4) is 6.07 Å². The molecule has 3 saturated carbocycles. The lowest BCUT2D eigenvalue weighted by Gasteiger charge is -2.68. The number of ketones is 1. The maximum atomic E-state index is 14.8. The minimum Gasteiger partial charge on any atom is -0.359 e. The van der Waals surface area contributed by atoms with Crippen LogP contribution in [0, 0.1) is 44.3 Å².